The summed E-state index contributed by atoms with van der Waals surface area (Å²) in [5.74, 6) is 0.870. The van der Waals surface area contributed by atoms with Crippen LogP contribution in [0.5, 0.6) is 0 Å². The van der Waals surface area contributed by atoms with Crippen molar-refractivity contribution in [3.63, 3.8) is 0 Å². The van der Waals surface area contributed by atoms with Gasteiger partial charge in [0.25, 0.3) is 5.91 Å². The zero-order chi connectivity index (χ0) is 15.8. The molecule has 3 aromatic rings. The Morgan fingerprint density at radius 1 is 1.26 bits per heavy atom. The van der Waals surface area contributed by atoms with Gasteiger partial charge in [-0.3, -0.25) is 4.79 Å². The summed E-state index contributed by atoms with van der Waals surface area (Å²) in [4.78, 5) is 17.5. The Kier molecular flexibility index (Phi) is 3.62. The van der Waals surface area contributed by atoms with Gasteiger partial charge in [-0.25, -0.2) is 0 Å². The summed E-state index contributed by atoms with van der Waals surface area (Å²) in [6.07, 6.45) is 5.54. The number of amides is 1. The van der Waals surface area contributed by atoms with E-state index in [2.05, 4.69) is 17.2 Å². The number of halogens is 1. The molecule has 0 bridgehead atoms. The highest BCUT2D eigenvalue weighted by molar-refractivity contribution is 6.31. The van der Waals surface area contributed by atoms with Crippen LogP contribution in [0.3, 0.4) is 0 Å². The van der Waals surface area contributed by atoms with Gasteiger partial charge in [0.2, 0.25) is 0 Å². The summed E-state index contributed by atoms with van der Waals surface area (Å²) >= 11 is 6.04. The lowest BCUT2D eigenvalue weighted by molar-refractivity contribution is 0.0681. The Morgan fingerprint density at radius 2 is 2.09 bits per heavy atom. The molecule has 0 aliphatic carbocycles. The number of carbonyl (C=O) groups excluding carboxylic acids is 1. The summed E-state index contributed by atoms with van der Waals surface area (Å²) in [6, 6.07) is 9.42. The Balaban J connectivity index is 1.49. The summed E-state index contributed by atoms with van der Waals surface area (Å²) in [5, 5.41) is 1.97. The smallest absolute Gasteiger partial charge is 0.289 e. The molecule has 118 valence electrons. The molecule has 0 atom stereocenters. The molecule has 1 aliphatic rings. The third-order valence-electron chi connectivity index (χ3n) is 4.63. The van der Waals surface area contributed by atoms with E-state index in [0.717, 1.165) is 36.5 Å². The highest BCUT2D eigenvalue weighted by Crippen LogP contribution is 2.34. The number of H-pyrrole nitrogens is 1. The van der Waals surface area contributed by atoms with E-state index >= 15 is 0 Å². The fraction of sp³-hybridized carbons (Fsp3) is 0.278. The van der Waals surface area contributed by atoms with Gasteiger partial charge in [-0.2, -0.15) is 0 Å². The molecule has 3 heterocycles. The predicted octanol–water partition coefficient (Wildman–Crippen LogP) is 4.43. The van der Waals surface area contributed by atoms with Crippen LogP contribution in [0.4, 0.5) is 0 Å². The van der Waals surface area contributed by atoms with Gasteiger partial charge in [-0.1, -0.05) is 17.7 Å². The SMILES string of the molecule is O=C(c1ccco1)N1CCC(c2c[nH]c3cc(Cl)ccc23)CC1. The number of nitrogens with one attached hydrogen (secondary N) is 1. The van der Waals surface area contributed by atoms with Gasteiger partial charge in [0.1, 0.15) is 0 Å². The molecule has 2 aromatic heterocycles. The molecule has 23 heavy (non-hydrogen) atoms. The van der Waals surface area contributed by atoms with Gasteiger partial charge in [-0.05, 0) is 48.6 Å². The third-order valence-corrected chi connectivity index (χ3v) is 4.86. The zero-order valence-electron chi connectivity index (χ0n) is 12.6. The summed E-state index contributed by atoms with van der Waals surface area (Å²) < 4.78 is 5.21. The van der Waals surface area contributed by atoms with Crippen LogP contribution in [0.1, 0.15) is 34.9 Å². The first-order valence-electron chi connectivity index (χ1n) is 7.81. The van der Waals surface area contributed by atoms with E-state index < -0.39 is 0 Å². The predicted molar refractivity (Wildman–Crippen MR) is 89.9 cm³/mol. The highest BCUT2D eigenvalue weighted by atomic mass is 35.5. The molecule has 4 nitrogen and oxygen atoms in total. The van der Waals surface area contributed by atoms with Crippen LogP contribution in [0.15, 0.2) is 47.2 Å². The maximum absolute atomic E-state index is 12.3. The number of hydrogen-bond acceptors (Lipinski definition) is 2. The largest absolute Gasteiger partial charge is 0.459 e. The minimum Gasteiger partial charge on any atom is -0.459 e. The van der Waals surface area contributed by atoms with Crippen molar-refractivity contribution in [1.82, 2.24) is 9.88 Å². The fourth-order valence-corrected chi connectivity index (χ4v) is 3.58. The Hall–Kier alpha value is -2.20. The molecule has 1 N–H and O–H groups in total. The summed E-state index contributed by atoms with van der Waals surface area (Å²) in [6.45, 7) is 1.51. The van der Waals surface area contributed by atoms with Crippen molar-refractivity contribution in [3.8, 4) is 0 Å². The molecule has 1 amide bonds. The minimum atomic E-state index is -0.0147. The Labute approximate surface area is 139 Å². The molecule has 0 spiro atoms. The number of furan rings is 1. The van der Waals surface area contributed by atoms with E-state index in [4.69, 9.17) is 16.0 Å². The highest BCUT2D eigenvalue weighted by Gasteiger charge is 2.27. The van der Waals surface area contributed by atoms with Crippen molar-refractivity contribution < 1.29 is 9.21 Å². The van der Waals surface area contributed by atoms with Crippen molar-refractivity contribution in [2.75, 3.05) is 13.1 Å². The lowest BCUT2D eigenvalue weighted by Crippen LogP contribution is -2.37. The molecule has 4 rings (SSSR count). The fourth-order valence-electron chi connectivity index (χ4n) is 3.41. The number of nitrogens with zero attached hydrogens (tertiary/aromatic N) is 1. The number of aromatic nitrogens is 1. The van der Waals surface area contributed by atoms with Gasteiger partial charge >= 0.3 is 0 Å². The molecular weight excluding hydrogens is 312 g/mol. The van der Waals surface area contributed by atoms with E-state index in [1.807, 2.05) is 17.0 Å². The lowest BCUT2D eigenvalue weighted by atomic mass is 9.89. The number of fused-ring (bicyclic) bond motifs is 1. The van der Waals surface area contributed by atoms with E-state index in [1.54, 1.807) is 12.1 Å². The number of piperidine rings is 1. The van der Waals surface area contributed by atoms with Gasteiger partial charge in [0, 0.05) is 35.2 Å². The number of rotatable bonds is 2. The van der Waals surface area contributed by atoms with Crippen molar-refractivity contribution in [2.24, 2.45) is 0 Å². The van der Waals surface area contributed by atoms with E-state index in [0.29, 0.717) is 11.7 Å². The standard InChI is InChI=1S/C18H17ClN2O2/c19-13-3-4-14-15(11-20-16(14)10-13)12-5-7-21(8-6-12)18(22)17-2-1-9-23-17/h1-4,9-12,20H,5-8H2. The molecule has 1 aromatic carbocycles. The van der Waals surface area contributed by atoms with Gasteiger partial charge < -0.3 is 14.3 Å². The van der Waals surface area contributed by atoms with Crippen LogP contribution in [0, 0.1) is 0 Å². The maximum atomic E-state index is 12.3. The van der Waals surface area contributed by atoms with E-state index in [-0.39, 0.29) is 5.91 Å². The van der Waals surface area contributed by atoms with Crippen molar-refractivity contribution in [1.29, 1.82) is 0 Å². The van der Waals surface area contributed by atoms with Crippen molar-refractivity contribution in [3.05, 3.63) is 59.1 Å². The van der Waals surface area contributed by atoms with Crippen LogP contribution >= 0.6 is 11.6 Å². The molecule has 5 heteroatoms. The monoisotopic (exact) mass is 328 g/mol. The number of benzene rings is 1. The second-order valence-corrected chi connectivity index (χ2v) is 6.41. The van der Waals surface area contributed by atoms with Crippen molar-refractivity contribution >= 4 is 28.4 Å². The first-order chi connectivity index (χ1) is 11.2. The number of hydrogen-bond donors (Lipinski definition) is 1. The maximum Gasteiger partial charge on any atom is 0.289 e. The molecular formula is C18H17ClN2O2. The van der Waals surface area contributed by atoms with Crippen LogP contribution in [-0.4, -0.2) is 28.9 Å². The Bertz CT molecular complexity index is 830. The molecule has 0 saturated carbocycles. The van der Waals surface area contributed by atoms with Crippen LogP contribution < -0.4 is 0 Å². The Morgan fingerprint density at radius 3 is 2.83 bits per heavy atom. The van der Waals surface area contributed by atoms with Gasteiger partial charge in [-0.15, -0.1) is 0 Å². The van der Waals surface area contributed by atoms with Crippen LogP contribution in [0.2, 0.25) is 5.02 Å². The normalized spacial score (nSPS) is 16.1. The van der Waals surface area contributed by atoms with E-state index in [1.165, 1.54) is 17.2 Å². The van der Waals surface area contributed by atoms with Gasteiger partial charge in [0.15, 0.2) is 5.76 Å². The topological polar surface area (TPSA) is 49.2 Å². The summed E-state index contributed by atoms with van der Waals surface area (Å²) in [7, 11) is 0. The van der Waals surface area contributed by atoms with Crippen LogP contribution in [-0.2, 0) is 0 Å². The van der Waals surface area contributed by atoms with Gasteiger partial charge in [0.05, 0.1) is 6.26 Å². The first kappa shape index (κ1) is 14.4. The molecule has 0 unspecified atom stereocenters. The molecule has 0 radical (unpaired) electrons. The molecule has 1 saturated heterocycles. The summed E-state index contributed by atoms with van der Waals surface area (Å²) in [5.41, 5.74) is 2.39. The zero-order valence-corrected chi connectivity index (χ0v) is 13.3. The quantitative estimate of drug-likeness (QED) is 0.756. The average molecular weight is 329 g/mol. The average Bonchev–Trinajstić information content (AvgIpc) is 3.23. The lowest BCUT2D eigenvalue weighted by Gasteiger charge is -2.31. The second kappa shape index (κ2) is 5.78. The number of aromatic amines is 1. The molecule has 1 aliphatic heterocycles. The minimum absolute atomic E-state index is 0.0147. The third kappa shape index (κ3) is 2.63. The first-order valence-corrected chi connectivity index (χ1v) is 8.19. The van der Waals surface area contributed by atoms with Crippen LogP contribution in [0.25, 0.3) is 10.9 Å². The number of carbonyl (C=O) groups is 1. The van der Waals surface area contributed by atoms with Crippen molar-refractivity contribution in [2.45, 2.75) is 18.8 Å². The molecule has 1 fully saturated rings. The van der Waals surface area contributed by atoms with E-state index in [9.17, 15) is 4.79 Å². The second-order valence-electron chi connectivity index (χ2n) is 5.98. The number of likely N-dealkylation sites (tertiary alicyclic amines) is 1.